The van der Waals surface area contributed by atoms with E-state index in [9.17, 15) is 13.2 Å². The number of hydrogen-bond acceptors (Lipinski definition) is 5. The fourth-order valence-electron chi connectivity index (χ4n) is 3.90. The highest BCUT2D eigenvalue weighted by atomic mass is 32.2. The Hall–Kier alpha value is -1.84. The second kappa shape index (κ2) is 8.12. The third-order valence-corrected chi connectivity index (χ3v) is 8.62. The fraction of sp³-hybridized carbons (Fsp3) is 0.500. The van der Waals surface area contributed by atoms with Gasteiger partial charge in [0.2, 0.25) is 5.91 Å². The van der Waals surface area contributed by atoms with Crippen LogP contribution in [-0.4, -0.2) is 53.6 Å². The number of aromatic nitrogens is 2. The Kier molecular flexibility index (Phi) is 5.72. The summed E-state index contributed by atoms with van der Waals surface area (Å²) in [7, 11) is -1.84. The van der Waals surface area contributed by atoms with E-state index < -0.39 is 10.0 Å². The van der Waals surface area contributed by atoms with Crippen molar-refractivity contribution in [3.8, 4) is 0 Å². The van der Waals surface area contributed by atoms with Gasteiger partial charge in [-0.05, 0) is 44.1 Å². The first kappa shape index (κ1) is 20.4. The molecule has 7 nitrogen and oxygen atoms in total. The zero-order valence-corrected chi connectivity index (χ0v) is 18.4. The second-order valence-corrected chi connectivity index (χ2v) is 10.6. The summed E-state index contributed by atoms with van der Waals surface area (Å²) in [5, 5.41) is 0.0840. The number of rotatable bonds is 3. The Morgan fingerprint density at radius 3 is 2.59 bits per heavy atom. The van der Waals surface area contributed by atoms with Crippen LogP contribution in [0.15, 0.2) is 40.4 Å². The van der Waals surface area contributed by atoms with E-state index in [1.54, 1.807) is 36.5 Å². The predicted molar refractivity (Wildman–Crippen MR) is 114 cm³/mol. The van der Waals surface area contributed by atoms with E-state index in [-0.39, 0.29) is 16.9 Å². The third kappa shape index (κ3) is 3.95. The van der Waals surface area contributed by atoms with Crippen LogP contribution in [0.4, 0.5) is 5.69 Å². The minimum atomic E-state index is -3.62. The first-order chi connectivity index (χ1) is 13.9. The summed E-state index contributed by atoms with van der Waals surface area (Å²) < 4.78 is 29.0. The first-order valence-electron chi connectivity index (χ1n) is 9.91. The molecule has 2 aliphatic heterocycles. The maximum absolute atomic E-state index is 13.3. The predicted octanol–water partition coefficient (Wildman–Crippen LogP) is 2.66. The van der Waals surface area contributed by atoms with Crippen molar-refractivity contribution in [1.29, 1.82) is 0 Å². The van der Waals surface area contributed by atoms with Crippen LogP contribution < -0.4 is 4.90 Å². The van der Waals surface area contributed by atoms with E-state index >= 15 is 0 Å². The van der Waals surface area contributed by atoms with Crippen molar-refractivity contribution in [3.63, 3.8) is 0 Å². The van der Waals surface area contributed by atoms with Gasteiger partial charge in [-0.25, -0.2) is 13.4 Å². The molecule has 0 aliphatic carbocycles. The van der Waals surface area contributed by atoms with E-state index in [1.807, 2.05) is 23.1 Å². The molecule has 2 aromatic rings. The Morgan fingerprint density at radius 2 is 1.90 bits per heavy atom. The Bertz CT molecular complexity index is 991. The molecule has 1 fully saturated rings. The number of fused-ring (bicyclic) bond motifs is 1. The smallest absolute Gasteiger partial charge is 0.262 e. The van der Waals surface area contributed by atoms with Crippen molar-refractivity contribution in [3.05, 3.63) is 36.3 Å². The lowest BCUT2D eigenvalue weighted by atomic mass is 9.96. The molecule has 0 N–H and O–H groups in total. The molecule has 4 rings (SSSR count). The van der Waals surface area contributed by atoms with E-state index in [2.05, 4.69) is 11.1 Å². The van der Waals surface area contributed by atoms with Gasteiger partial charge in [-0.3, -0.25) is 4.79 Å². The van der Waals surface area contributed by atoms with E-state index in [0.717, 1.165) is 22.8 Å². The van der Waals surface area contributed by atoms with Crippen molar-refractivity contribution >= 4 is 33.4 Å². The minimum absolute atomic E-state index is 0.0840. The zero-order chi connectivity index (χ0) is 20.6. The summed E-state index contributed by atoms with van der Waals surface area (Å²) in [5.74, 6) is 1.63. The molecule has 0 atom stereocenters. The molecule has 156 valence electrons. The number of para-hydroxylation sites is 1. The van der Waals surface area contributed by atoms with Crippen molar-refractivity contribution in [2.24, 2.45) is 13.0 Å². The number of aryl methyl sites for hydroxylation is 2. The largest absolute Gasteiger partial charge is 0.337 e. The highest BCUT2D eigenvalue weighted by molar-refractivity contribution is 7.99. The van der Waals surface area contributed by atoms with Crippen LogP contribution in [0.3, 0.4) is 0 Å². The maximum atomic E-state index is 13.3. The van der Waals surface area contributed by atoms with Gasteiger partial charge in [-0.15, -0.1) is 11.8 Å². The molecule has 1 saturated heterocycles. The molecule has 0 spiro atoms. The number of piperidine rings is 1. The molecule has 9 heteroatoms. The number of carbonyl (C=O) groups is 1. The molecule has 0 radical (unpaired) electrons. The number of anilines is 1. The average molecular weight is 435 g/mol. The van der Waals surface area contributed by atoms with E-state index in [1.165, 1.54) is 4.31 Å². The topological polar surface area (TPSA) is 75.5 Å². The van der Waals surface area contributed by atoms with Crippen LogP contribution in [0.1, 0.15) is 25.1 Å². The SMILES string of the molecule is Cc1nc(S(=O)(=O)N2CCC(C(=O)N3CCCSc4ccccc43)CC2)cn1C. The van der Waals surface area contributed by atoms with Crippen LogP contribution in [0.2, 0.25) is 0 Å². The van der Waals surface area contributed by atoms with Gasteiger partial charge in [-0.1, -0.05) is 12.1 Å². The van der Waals surface area contributed by atoms with Gasteiger partial charge in [-0.2, -0.15) is 4.31 Å². The number of thioether (sulfide) groups is 1. The van der Waals surface area contributed by atoms with Gasteiger partial charge >= 0.3 is 0 Å². The maximum Gasteiger partial charge on any atom is 0.262 e. The first-order valence-corrected chi connectivity index (χ1v) is 12.3. The lowest BCUT2D eigenvalue weighted by Gasteiger charge is -2.33. The summed E-state index contributed by atoms with van der Waals surface area (Å²) in [6, 6.07) is 8.04. The van der Waals surface area contributed by atoms with Crippen molar-refractivity contribution < 1.29 is 13.2 Å². The quantitative estimate of drug-likeness (QED) is 0.742. The Balaban J connectivity index is 1.46. The Morgan fingerprint density at radius 1 is 1.17 bits per heavy atom. The number of hydrogen-bond donors (Lipinski definition) is 0. The molecule has 0 saturated carbocycles. The second-order valence-electron chi connectivity index (χ2n) is 7.58. The molecule has 0 unspecified atom stereocenters. The summed E-state index contributed by atoms with van der Waals surface area (Å²) in [5.41, 5.74) is 0.985. The molecule has 1 aromatic carbocycles. The van der Waals surface area contributed by atoms with E-state index in [4.69, 9.17) is 0 Å². The van der Waals surface area contributed by atoms with Crippen LogP contribution in [0.25, 0.3) is 0 Å². The molecular formula is C20H26N4O3S2. The third-order valence-electron chi connectivity index (χ3n) is 5.70. The number of carbonyl (C=O) groups excluding carboxylic acids is 1. The summed E-state index contributed by atoms with van der Waals surface area (Å²) in [4.78, 5) is 20.5. The standard InChI is InChI=1S/C20H26N4O3S2/c1-15-21-19(14-22(15)2)29(26,27)23-11-8-16(9-12-23)20(25)24-10-5-13-28-18-7-4-3-6-17(18)24/h3-4,6-7,14,16H,5,8-13H2,1-2H3. The van der Waals surface area contributed by atoms with Gasteiger partial charge in [0.05, 0.1) is 5.69 Å². The average Bonchev–Trinajstić information content (AvgIpc) is 2.94. The molecule has 1 aromatic heterocycles. The summed E-state index contributed by atoms with van der Waals surface area (Å²) in [6.45, 7) is 3.19. The van der Waals surface area contributed by atoms with E-state index in [0.29, 0.717) is 38.3 Å². The van der Waals surface area contributed by atoms with Crippen LogP contribution in [-0.2, 0) is 21.9 Å². The highest BCUT2D eigenvalue weighted by Gasteiger charge is 2.36. The van der Waals surface area contributed by atoms with Gasteiger partial charge in [0.15, 0.2) is 5.03 Å². The monoisotopic (exact) mass is 434 g/mol. The lowest BCUT2D eigenvalue weighted by molar-refractivity contribution is -0.123. The van der Waals surface area contributed by atoms with Gasteiger partial charge in [0, 0.05) is 43.7 Å². The summed E-state index contributed by atoms with van der Waals surface area (Å²) >= 11 is 1.79. The lowest BCUT2D eigenvalue weighted by Crippen LogP contribution is -2.44. The normalized spacial score (nSPS) is 19.0. The number of benzene rings is 1. The van der Waals surface area contributed by atoms with Gasteiger partial charge in [0.1, 0.15) is 5.82 Å². The van der Waals surface area contributed by atoms with Gasteiger partial charge in [0.25, 0.3) is 10.0 Å². The molecule has 2 aliphatic rings. The number of imidazole rings is 1. The number of amides is 1. The van der Waals surface area contributed by atoms with Gasteiger partial charge < -0.3 is 9.47 Å². The van der Waals surface area contributed by atoms with Crippen LogP contribution in [0.5, 0.6) is 0 Å². The minimum Gasteiger partial charge on any atom is -0.337 e. The van der Waals surface area contributed by atoms with Crippen LogP contribution in [0, 0.1) is 12.8 Å². The van der Waals surface area contributed by atoms with Crippen molar-refractivity contribution in [1.82, 2.24) is 13.9 Å². The molecule has 0 bridgehead atoms. The molecule has 3 heterocycles. The number of nitrogens with zero attached hydrogens (tertiary/aromatic N) is 4. The van der Waals surface area contributed by atoms with Crippen LogP contribution >= 0.6 is 11.8 Å². The molecular weight excluding hydrogens is 408 g/mol. The Labute approximate surface area is 176 Å². The molecule has 29 heavy (non-hydrogen) atoms. The van der Waals surface area contributed by atoms with Crippen molar-refractivity contribution in [2.45, 2.75) is 36.1 Å². The highest BCUT2D eigenvalue weighted by Crippen LogP contribution is 2.35. The number of sulfonamides is 1. The van der Waals surface area contributed by atoms with Crippen molar-refractivity contribution in [2.75, 3.05) is 30.3 Å². The zero-order valence-electron chi connectivity index (χ0n) is 16.7. The molecule has 1 amide bonds. The fourth-order valence-corrected chi connectivity index (χ4v) is 6.39. The summed E-state index contributed by atoms with van der Waals surface area (Å²) in [6.07, 6.45) is 3.58.